The van der Waals surface area contributed by atoms with Crippen molar-refractivity contribution < 1.29 is 9.59 Å². The van der Waals surface area contributed by atoms with Crippen molar-refractivity contribution in [3.63, 3.8) is 0 Å². The second-order valence-corrected chi connectivity index (χ2v) is 6.75. The van der Waals surface area contributed by atoms with E-state index in [9.17, 15) is 14.9 Å². The van der Waals surface area contributed by atoms with Crippen molar-refractivity contribution in [2.45, 2.75) is 6.54 Å². The van der Waals surface area contributed by atoms with Gasteiger partial charge in [0.05, 0.1) is 5.71 Å². The van der Waals surface area contributed by atoms with Crippen molar-refractivity contribution in [2.75, 3.05) is 0 Å². The Labute approximate surface area is 160 Å². The van der Waals surface area contributed by atoms with Crippen LogP contribution in [0.25, 0.3) is 16.3 Å². The van der Waals surface area contributed by atoms with Crippen molar-refractivity contribution in [3.05, 3.63) is 88.0 Å². The molecule has 3 aromatic rings. The van der Waals surface area contributed by atoms with Crippen molar-refractivity contribution in [1.82, 2.24) is 0 Å². The number of allylic oxidation sites excluding steroid dienone is 1. The van der Waals surface area contributed by atoms with Crippen LogP contribution in [-0.4, -0.2) is 17.4 Å². The van der Waals surface area contributed by atoms with E-state index in [0.29, 0.717) is 29.0 Å². The standard InChI is InChI=1S/C23H13N3O2/c24-10-12-4-6-13(7-5-12)22(27)15-8-9-16-19-14(15)2-1-3-17(19)21-20(16)18(11-25)23(28)26-21/h1-9H,10,24H2. The summed E-state index contributed by atoms with van der Waals surface area (Å²) in [5.74, 6) is -0.591. The van der Waals surface area contributed by atoms with Gasteiger partial charge in [-0.25, -0.2) is 4.99 Å². The number of aliphatic imine (C=N–C) groups is 1. The molecule has 0 atom stereocenters. The number of nitriles is 1. The first-order valence-electron chi connectivity index (χ1n) is 8.82. The van der Waals surface area contributed by atoms with Crippen LogP contribution in [0, 0.1) is 11.3 Å². The Balaban J connectivity index is 1.73. The molecule has 2 N–H and O–H groups in total. The van der Waals surface area contributed by atoms with Gasteiger partial charge in [-0.1, -0.05) is 48.5 Å². The molecule has 0 aromatic heterocycles. The van der Waals surface area contributed by atoms with Gasteiger partial charge in [-0.2, -0.15) is 5.26 Å². The molecular weight excluding hydrogens is 350 g/mol. The fourth-order valence-corrected chi connectivity index (χ4v) is 3.96. The molecule has 0 spiro atoms. The van der Waals surface area contributed by atoms with Gasteiger partial charge >= 0.3 is 0 Å². The number of hydrogen-bond donors (Lipinski definition) is 1. The second kappa shape index (κ2) is 5.81. The fraction of sp³-hybridized carbons (Fsp3) is 0.0435. The Bertz CT molecular complexity index is 1320. The Kier molecular flexibility index (Phi) is 3.38. The third-order valence-electron chi connectivity index (χ3n) is 5.29. The zero-order chi connectivity index (χ0) is 19.4. The average molecular weight is 363 g/mol. The number of amides is 1. The van der Waals surface area contributed by atoms with Gasteiger partial charge in [0.15, 0.2) is 5.78 Å². The maximum Gasteiger partial charge on any atom is 0.288 e. The van der Waals surface area contributed by atoms with Crippen LogP contribution in [0.5, 0.6) is 0 Å². The number of benzene rings is 3. The molecule has 0 radical (unpaired) electrons. The molecule has 0 bridgehead atoms. The first-order chi connectivity index (χ1) is 13.6. The minimum absolute atomic E-state index is 0.0592. The topological polar surface area (TPSA) is 96.3 Å². The molecule has 1 aliphatic carbocycles. The summed E-state index contributed by atoms with van der Waals surface area (Å²) in [4.78, 5) is 29.3. The Morgan fingerprint density at radius 2 is 1.82 bits per heavy atom. The van der Waals surface area contributed by atoms with Gasteiger partial charge in [0.2, 0.25) is 0 Å². The summed E-state index contributed by atoms with van der Waals surface area (Å²) in [5.41, 5.74) is 10.5. The average Bonchev–Trinajstić information content (AvgIpc) is 3.22. The molecule has 1 aliphatic heterocycles. The van der Waals surface area contributed by atoms with Crippen LogP contribution in [0.4, 0.5) is 0 Å². The van der Waals surface area contributed by atoms with Gasteiger partial charge in [-0.3, -0.25) is 9.59 Å². The van der Waals surface area contributed by atoms with Gasteiger partial charge in [-0.05, 0) is 28.0 Å². The molecule has 28 heavy (non-hydrogen) atoms. The molecule has 0 fully saturated rings. The fourth-order valence-electron chi connectivity index (χ4n) is 3.96. The third-order valence-corrected chi connectivity index (χ3v) is 5.29. The minimum Gasteiger partial charge on any atom is -0.326 e. The summed E-state index contributed by atoms with van der Waals surface area (Å²) < 4.78 is 0. The molecule has 0 saturated heterocycles. The molecule has 5 rings (SSSR count). The molecule has 5 nitrogen and oxygen atoms in total. The van der Waals surface area contributed by atoms with Crippen LogP contribution in [0.2, 0.25) is 0 Å². The van der Waals surface area contributed by atoms with Crippen LogP contribution >= 0.6 is 0 Å². The summed E-state index contributed by atoms with van der Waals surface area (Å²) in [7, 11) is 0. The normalized spacial score (nSPS) is 14.3. The highest BCUT2D eigenvalue weighted by Gasteiger charge is 2.36. The number of carbonyl (C=O) groups is 2. The third kappa shape index (κ3) is 2.07. The van der Waals surface area contributed by atoms with Crippen LogP contribution in [-0.2, 0) is 11.3 Å². The van der Waals surface area contributed by atoms with Crippen LogP contribution in [0.15, 0.2) is 65.2 Å². The van der Waals surface area contributed by atoms with E-state index in [4.69, 9.17) is 5.73 Å². The molecule has 5 heteroatoms. The number of ketones is 1. The molecule has 1 amide bonds. The number of fused-ring (bicyclic) bond motifs is 3. The molecule has 132 valence electrons. The Morgan fingerprint density at radius 3 is 2.54 bits per heavy atom. The van der Waals surface area contributed by atoms with E-state index < -0.39 is 5.91 Å². The summed E-state index contributed by atoms with van der Waals surface area (Å²) in [6, 6.07) is 18.4. The van der Waals surface area contributed by atoms with Crippen molar-refractivity contribution in [1.29, 1.82) is 5.26 Å². The van der Waals surface area contributed by atoms with E-state index in [1.165, 1.54) is 0 Å². The molecule has 1 heterocycles. The molecule has 2 aliphatic rings. The van der Waals surface area contributed by atoms with E-state index >= 15 is 0 Å². The number of nitrogens with zero attached hydrogens (tertiary/aromatic N) is 2. The van der Waals surface area contributed by atoms with Gasteiger partial charge < -0.3 is 5.73 Å². The first kappa shape index (κ1) is 16.3. The van der Waals surface area contributed by atoms with E-state index in [1.807, 2.05) is 36.4 Å². The zero-order valence-corrected chi connectivity index (χ0v) is 14.7. The van der Waals surface area contributed by atoms with Gasteiger partial charge in [0, 0.05) is 28.8 Å². The van der Waals surface area contributed by atoms with Crippen LogP contribution < -0.4 is 5.73 Å². The van der Waals surface area contributed by atoms with E-state index in [0.717, 1.165) is 27.5 Å². The lowest BCUT2D eigenvalue weighted by atomic mass is 9.93. The molecule has 3 aromatic carbocycles. The van der Waals surface area contributed by atoms with Gasteiger partial charge in [-0.15, -0.1) is 0 Å². The lowest BCUT2D eigenvalue weighted by Crippen LogP contribution is -2.04. The summed E-state index contributed by atoms with van der Waals surface area (Å²) in [6.45, 7) is 0.423. The highest BCUT2D eigenvalue weighted by Crippen LogP contribution is 2.43. The highest BCUT2D eigenvalue weighted by molar-refractivity contribution is 6.50. The largest absolute Gasteiger partial charge is 0.326 e. The molecular formula is C23H13N3O2. The zero-order valence-electron chi connectivity index (χ0n) is 14.7. The predicted molar refractivity (Wildman–Crippen MR) is 106 cm³/mol. The summed E-state index contributed by atoms with van der Waals surface area (Å²) in [5, 5.41) is 11.0. The highest BCUT2D eigenvalue weighted by atomic mass is 16.1. The Morgan fingerprint density at radius 1 is 1.04 bits per heavy atom. The van der Waals surface area contributed by atoms with Crippen molar-refractivity contribution in [3.8, 4) is 6.07 Å². The smallest absolute Gasteiger partial charge is 0.288 e. The maximum atomic E-state index is 13.1. The van der Waals surface area contributed by atoms with E-state index in [2.05, 4.69) is 4.99 Å². The maximum absolute atomic E-state index is 13.1. The number of hydrogen-bond acceptors (Lipinski definition) is 4. The summed E-state index contributed by atoms with van der Waals surface area (Å²) >= 11 is 0. The minimum atomic E-state index is -0.504. The quantitative estimate of drug-likeness (QED) is 0.723. The monoisotopic (exact) mass is 363 g/mol. The SMILES string of the molecule is N#CC1=C2C(=NC1=O)c1cccc3c(C(=O)c4ccc(CN)cc4)ccc2c13. The number of rotatable bonds is 3. The first-order valence-corrected chi connectivity index (χ1v) is 8.82. The number of carbonyl (C=O) groups excluding carboxylic acids is 2. The van der Waals surface area contributed by atoms with Crippen molar-refractivity contribution >= 4 is 33.7 Å². The molecule has 0 unspecified atom stereocenters. The Hall–Kier alpha value is -3.88. The lowest BCUT2D eigenvalue weighted by Gasteiger charge is -2.09. The lowest BCUT2D eigenvalue weighted by molar-refractivity contribution is -0.113. The van der Waals surface area contributed by atoms with E-state index in [-0.39, 0.29) is 11.4 Å². The van der Waals surface area contributed by atoms with Crippen LogP contribution in [0.3, 0.4) is 0 Å². The van der Waals surface area contributed by atoms with Gasteiger partial charge in [0.1, 0.15) is 11.6 Å². The van der Waals surface area contributed by atoms with Crippen LogP contribution in [0.1, 0.15) is 32.6 Å². The molecule has 0 saturated carbocycles. The summed E-state index contributed by atoms with van der Waals surface area (Å²) in [6.07, 6.45) is 0. The van der Waals surface area contributed by atoms with Crippen molar-refractivity contribution in [2.24, 2.45) is 10.7 Å². The second-order valence-electron chi connectivity index (χ2n) is 6.75. The van der Waals surface area contributed by atoms with E-state index in [1.54, 1.807) is 24.3 Å². The number of nitrogens with two attached hydrogens (primary N) is 1. The predicted octanol–water partition coefficient (Wildman–Crippen LogP) is 3.15. The van der Waals surface area contributed by atoms with Gasteiger partial charge in [0.25, 0.3) is 5.91 Å².